The van der Waals surface area contributed by atoms with Crippen LogP contribution in [-0.2, 0) is 56.0 Å². The Morgan fingerprint density at radius 1 is 0.354 bits per heavy atom. The van der Waals surface area contributed by atoms with Gasteiger partial charge < -0.3 is 5.11 Å². The molecule has 29 heteroatoms. The van der Waals surface area contributed by atoms with Gasteiger partial charge in [0.1, 0.15) is 6.15 Å². The normalized spacial score (nSPS) is 13.3. The summed E-state index contributed by atoms with van der Waals surface area (Å²) < 4.78 is 343. The number of halogens is 24. The highest BCUT2D eigenvalue weighted by atomic mass is 19.4. The van der Waals surface area contributed by atoms with Crippen LogP contribution in [0.2, 0.25) is 0 Å². The predicted molar refractivity (Wildman–Crippen MR) is 232 cm³/mol. The number of aromatic nitrogens is 1. The maximum Gasteiger partial charge on any atom is 0.416 e. The zero-order valence-electron chi connectivity index (χ0n) is 38.3. The fourth-order valence-electron chi connectivity index (χ4n) is 8.48. The molecule has 1 heterocycles. The van der Waals surface area contributed by atoms with E-state index in [4.69, 9.17) is 5.11 Å². The minimum absolute atomic E-state index is 0.0150. The standard InChI is InChI=1S/C32H12BF24.C18H13NO3/c34-25(35,36)13-1-14(26(37,38)39)6-21(5-13)33(22-7-15(27(40,41)42)2-16(8-22)28(43,44)45,23-9-17(29(46,47)48)3-18(10-23)30(49,50)51)24-11-19(31(52,53)54)4-20(12-24)32(55,56)57;20-17(14-5-2-1-3-6-14)12-19-10-4-7-13-8-9-15(18(21)22)11-16(13)19/h1-12H;1-11H,12H2/q-1;/p+1. The lowest BCUT2D eigenvalue weighted by Gasteiger charge is -2.46. The highest BCUT2D eigenvalue weighted by Crippen LogP contribution is 2.41. The minimum Gasteiger partial charge on any atom is -0.478 e. The van der Waals surface area contributed by atoms with Crippen LogP contribution in [0.5, 0.6) is 0 Å². The van der Waals surface area contributed by atoms with E-state index in [9.17, 15) is 115 Å². The predicted octanol–water partition coefficient (Wildman–Crippen LogP) is 13.9. The van der Waals surface area contributed by atoms with E-state index in [2.05, 4.69) is 0 Å². The summed E-state index contributed by atoms with van der Waals surface area (Å²) in [5.41, 5.74) is -28.6. The molecule has 0 atom stereocenters. The quantitative estimate of drug-likeness (QED) is 0.0714. The van der Waals surface area contributed by atoms with Gasteiger partial charge in [-0.05, 0) is 42.5 Å². The lowest BCUT2D eigenvalue weighted by atomic mass is 9.12. The van der Waals surface area contributed by atoms with E-state index in [1.807, 2.05) is 30.3 Å². The van der Waals surface area contributed by atoms with Gasteiger partial charge in [-0.2, -0.15) is 132 Å². The number of alkyl halides is 24. The number of aromatic carboxylic acids is 1. The molecular weight excluding hydrogens is 1130 g/mol. The van der Waals surface area contributed by atoms with Crippen LogP contribution in [0.25, 0.3) is 10.9 Å². The van der Waals surface area contributed by atoms with E-state index in [0.29, 0.717) is 5.56 Å². The van der Waals surface area contributed by atoms with Crippen LogP contribution in [0.4, 0.5) is 105 Å². The van der Waals surface area contributed by atoms with Crippen molar-refractivity contribution in [2.45, 2.75) is 56.0 Å². The highest BCUT2D eigenvalue weighted by molar-refractivity contribution is 7.20. The molecule has 420 valence electrons. The van der Waals surface area contributed by atoms with Gasteiger partial charge in [-0.25, -0.2) is 4.79 Å². The number of Topliss-reactive ketones (excluding diaryl/α,β-unsaturated/α-hetero) is 1. The van der Waals surface area contributed by atoms with E-state index in [-0.39, 0.29) is 17.9 Å². The molecule has 1 N–H and O–H groups in total. The van der Waals surface area contributed by atoms with Gasteiger partial charge in [0.2, 0.25) is 17.8 Å². The molecule has 0 aliphatic carbocycles. The van der Waals surface area contributed by atoms with Crippen LogP contribution in [0, 0.1) is 0 Å². The molecule has 0 fully saturated rings. The maximum atomic E-state index is 14.2. The Morgan fingerprint density at radius 3 is 0.911 bits per heavy atom. The summed E-state index contributed by atoms with van der Waals surface area (Å²) >= 11 is 0. The number of nitrogens with zero attached hydrogens (tertiary/aromatic N) is 1. The van der Waals surface area contributed by atoms with E-state index in [1.165, 1.54) is 0 Å². The molecule has 0 aliphatic rings. The van der Waals surface area contributed by atoms with Crippen molar-refractivity contribution < 1.29 is 125 Å². The number of fused-ring (bicyclic) bond motifs is 1. The second-order valence-corrected chi connectivity index (χ2v) is 17.2. The first kappa shape index (κ1) is 60.5. The van der Waals surface area contributed by atoms with Crippen molar-refractivity contribution in [1.82, 2.24) is 0 Å². The Kier molecular flexibility index (Phi) is 15.9. The van der Waals surface area contributed by atoms with Gasteiger partial charge in [0.25, 0.3) is 0 Å². The number of benzene rings is 6. The molecule has 0 saturated heterocycles. The summed E-state index contributed by atoms with van der Waals surface area (Å²) in [6.45, 7) is 0.171. The van der Waals surface area contributed by atoms with Gasteiger partial charge in [0.15, 0.2) is 6.20 Å². The highest BCUT2D eigenvalue weighted by Gasteiger charge is 2.47. The fraction of sp³-hybridized carbons (Fsp3) is 0.180. The first-order chi connectivity index (χ1) is 35.9. The Hall–Kier alpha value is -7.75. The third-order valence-electron chi connectivity index (χ3n) is 12.0. The fourth-order valence-corrected chi connectivity index (χ4v) is 8.48. The number of pyridine rings is 1. The lowest BCUT2D eigenvalue weighted by molar-refractivity contribution is -0.657. The summed E-state index contributed by atoms with van der Waals surface area (Å²) in [7, 11) is 0. The van der Waals surface area contributed by atoms with Gasteiger partial charge in [-0.15, -0.1) is 0 Å². The molecule has 0 saturated carbocycles. The molecule has 0 spiro atoms. The summed E-state index contributed by atoms with van der Waals surface area (Å²) in [6.07, 6.45) is -53.0. The average Bonchev–Trinajstić information content (AvgIpc) is 3.53. The lowest BCUT2D eigenvalue weighted by Crippen LogP contribution is -2.75. The van der Waals surface area contributed by atoms with Gasteiger partial charge in [-0.3, -0.25) is 4.79 Å². The number of carbonyl (C=O) groups is 2. The summed E-state index contributed by atoms with van der Waals surface area (Å²) in [6, 6.07) is 8.90. The molecule has 6 aromatic carbocycles. The zero-order chi connectivity index (χ0) is 59.4. The number of rotatable bonds is 8. The second kappa shape index (κ2) is 20.8. The molecule has 7 rings (SSSR count). The smallest absolute Gasteiger partial charge is 0.416 e. The second-order valence-electron chi connectivity index (χ2n) is 17.2. The Labute approximate surface area is 426 Å². The first-order valence-corrected chi connectivity index (χ1v) is 21.5. The Bertz CT molecular complexity index is 2990. The van der Waals surface area contributed by atoms with Gasteiger partial charge in [0.05, 0.1) is 50.1 Å². The van der Waals surface area contributed by atoms with Crippen molar-refractivity contribution in [1.29, 1.82) is 0 Å². The SMILES string of the molecule is FC(F)(F)c1cc([B-](c2cc(C(F)(F)F)cc(C(F)(F)F)c2)(c2cc(C(F)(F)F)cc(C(F)(F)F)c2)c2cc(C(F)(F)F)cc(C(F)(F)F)c2)cc(C(F)(F)F)c1.O=C(O)c1ccc2ccc[n+](CC(=O)c3ccccc3)c2c1. The van der Waals surface area contributed by atoms with Crippen LogP contribution in [-0.4, -0.2) is 23.0 Å². The third-order valence-corrected chi connectivity index (χ3v) is 12.0. The third kappa shape index (κ3) is 13.6. The number of carboxylic acids is 1. The number of hydrogen-bond donors (Lipinski definition) is 1. The Morgan fingerprint density at radius 2 is 0.646 bits per heavy atom. The largest absolute Gasteiger partial charge is 0.478 e. The maximum absolute atomic E-state index is 14.2. The van der Waals surface area contributed by atoms with Crippen LogP contribution in [0.3, 0.4) is 0 Å². The van der Waals surface area contributed by atoms with Gasteiger partial charge in [-0.1, -0.05) is 78.9 Å². The van der Waals surface area contributed by atoms with Gasteiger partial charge >= 0.3 is 55.4 Å². The molecule has 0 radical (unpaired) electrons. The summed E-state index contributed by atoms with van der Waals surface area (Å²) in [4.78, 5) is 23.5. The first-order valence-electron chi connectivity index (χ1n) is 21.5. The summed E-state index contributed by atoms with van der Waals surface area (Å²) in [5, 5.41) is 10.0. The van der Waals surface area contributed by atoms with Gasteiger partial charge in [0, 0.05) is 23.1 Å². The van der Waals surface area contributed by atoms with E-state index in [0.717, 1.165) is 10.9 Å². The molecule has 0 aliphatic heterocycles. The van der Waals surface area contributed by atoms with E-state index < -0.39 is 201 Å². The molecule has 7 aromatic rings. The van der Waals surface area contributed by atoms with Crippen LogP contribution in [0.15, 0.2) is 140 Å². The van der Waals surface area contributed by atoms with Crippen molar-refractivity contribution >= 4 is 50.7 Å². The number of ketones is 1. The van der Waals surface area contributed by atoms with Crippen molar-refractivity contribution in [3.05, 3.63) is 195 Å². The topological polar surface area (TPSA) is 58.2 Å². The average molecular weight is 1160 g/mol. The molecule has 0 unspecified atom stereocenters. The van der Waals surface area contributed by atoms with Crippen molar-refractivity contribution in [2.75, 3.05) is 0 Å². The molecule has 0 bridgehead atoms. The number of carbonyl (C=O) groups excluding carboxylic acids is 1. The monoisotopic (exact) mass is 1160 g/mol. The number of hydrogen-bond acceptors (Lipinski definition) is 2. The van der Waals surface area contributed by atoms with Crippen molar-refractivity contribution in [3.8, 4) is 0 Å². The molecular formula is C50H26BF24NO3. The van der Waals surface area contributed by atoms with Crippen LogP contribution in [0.1, 0.15) is 65.2 Å². The van der Waals surface area contributed by atoms with Crippen molar-refractivity contribution in [2.24, 2.45) is 0 Å². The van der Waals surface area contributed by atoms with Crippen molar-refractivity contribution in [3.63, 3.8) is 0 Å². The van der Waals surface area contributed by atoms with E-state index in [1.54, 1.807) is 41.1 Å². The zero-order valence-corrected chi connectivity index (χ0v) is 38.3. The molecule has 4 nitrogen and oxygen atoms in total. The van der Waals surface area contributed by atoms with Crippen LogP contribution >= 0.6 is 0 Å². The summed E-state index contributed by atoms with van der Waals surface area (Å²) in [5.74, 6) is -0.995. The molecule has 0 amide bonds. The number of carboxylic acid groups (broad SMARTS) is 1. The molecule has 1 aromatic heterocycles. The molecule has 79 heavy (non-hydrogen) atoms. The van der Waals surface area contributed by atoms with Crippen LogP contribution < -0.4 is 26.4 Å². The Balaban J connectivity index is 0.000000378. The van der Waals surface area contributed by atoms with E-state index >= 15 is 0 Å². The minimum atomic E-state index is -6.13.